The van der Waals surface area contributed by atoms with Crippen molar-refractivity contribution in [3.8, 4) is 0 Å². The number of rotatable bonds is 15. The van der Waals surface area contributed by atoms with E-state index in [2.05, 4.69) is 26.1 Å². The lowest BCUT2D eigenvalue weighted by atomic mass is 10.1. The Balaban J connectivity index is 2.91. The predicted molar refractivity (Wildman–Crippen MR) is 85.8 cm³/mol. The summed E-state index contributed by atoms with van der Waals surface area (Å²) in [5.41, 5.74) is 0. The zero-order valence-electron chi connectivity index (χ0n) is 13.7. The number of unbranched alkanes of at least 4 members (excludes halogenated alkanes) is 7. The molecule has 0 rings (SSSR count). The maximum Gasteiger partial charge on any atom is 0.0489 e. The molecule has 0 fully saturated rings. The SMILES string of the molecule is CCCCCCCCCCNCCCOCC(C)C. The highest BCUT2D eigenvalue weighted by atomic mass is 16.5. The van der Waals surface area contributed by atoms with E-state index in [4.69, 9.17) is 4.74 Å². The second kappa shape index (κ2) is 16.0. The van der Waals surface area contributed by atoms with E-state index >= 15 is 0 Å². The Kier molecular flexibility index (Phi) is 15.9. The van der Waals surface area contributed by atoms with Crippen molar-refractivity contribution in [2.45, 2.75) is 78.6 Å². The fourth-order valence-electron chi connectivity index (χ4n) is 2.13. The monoisotopic (exact) mass is 271 g/mol. The molecular formula is C17H37NO. The smallest absolute Gasteiger partial charge is 0.0489 e. The van der Waals surface area contributed by atoms with Crippen molar-refractivity contribution in [2.24, 2.45) is 5.92 Å². The molecule has 0 spiro atoms. The van der Waals surface area contributed by atoms with Crippen LogP contribution in [0.4, 0.5) is 0 Å². The lowest BCUT2D eigenvalue weighted by Crippen LogP contribution is -2.18. The van der Waals surface area contributed by atoms with Gasteiger partial charge in [0.1, 0.15) is 0 Å². The summed E-state index contributed by atoms with van der Waals surface area (Å²) >= 11 is 0. The summed E-state index contributed by atoms with van der Waals surface area (Å²) in [7, 11) is 0. The van der Waals surface area contributed by atoms with Gasteiger partial charge in [-0.3, -0.25) is 0 Å². The van der Waals surface area contributed by atoms with Gasteiger partial charge in [0.2, 0.25) is 0 Å². The summed E-state index contributed by atoms with van der Waals surface area (Å²) in [6, 6.07) is 0. The second-order valence-electron chi connectivity index (χ2n) is 6.05. The molecular weight excluding hydrogens is 234 g/mol. The summed E-state index contributed by atoms with van der Waals surface area (Å²) in [6.07, 6.45) is 12.4. The Morgan fingerprint density at radius 2 is 1.37 bits per heavy atom. The van der Waals surface area contributed by atoms with Crippen molar-refractivity contribution in [2.75, 3.05) is 26.3 Å². The van der Waals surface area contributed by atoms with E-state index in [0.29, 0.717) is 5.92 Å². The molecule has 0 aliphatic carbocycles. The first-order valence-corrected chi connectivity index (χ1v) is 8.55. The number of hydrogen-bond donors (Lipinski definition) is 1. The molecule has 116 valence electrons. The first-order valence-electron chi connectivity index (χ1n) is 8.55. The van der Waals surface area contributed by atoms with Gasteiger partial charge in [-0.25, -0.2) is 0 Å². The molecule has 0 bridgehead atoms. The van der Waals surface area contributed by atoms with Gasteiger partial charge in [0.15, 0.2) is 0 Å². The van der Waals surface area contributed by atoms with Crippen molar-refractivity contribution in [1.82, 2.24) is 5.32 Å². The van der Waals surface area contributed by atoms with Gasteiger partial charge >= 0.3 is 0 Å². The Morgan fingerprint density at radius 3 is 2.00 bits per heavy atom. The van der Waals surface area contributed by atoms with Gasteiger partial charge in [-0.2, -0.15) is 0 Å². The Hall–Kier alpha value is -0.0800. The van der Waals surface area contributed by atoms with Crippen LogP contribution in [0.2, 0.25) is 0 Å². The average molecular weight is 271 g/mol. The molecule has 0 aliphatic heterocycles. The number of nitrogens with one attached hydrogen (secondary N) is 1. The predicted octanol–water partition coefficient (Wildman–Crippen LogP) is 4.78. The van der Waals surface area contributed by atoms with E-state index in [1.165, 1.54) is 57.9 Å². The molecule has 0 heterocycles. The van der Waals surface area contributed by atoms with Crippen LogP contribution in [0.25, 0.3) is 0 Å². The molecule has 0 aromatic rings. The topological polar surface area (TPSA) is 21.3 Å². The lowest BCUT2D eigenvalue weighted by Gasteiger charge is -2.07. The van der Waals surface area contributed by atoms with Gasteiger partial charge < -0.3 is 10.1 Å². The summed E-state index contributed by atoms with van der Waals surface area (Å²) in [5.74, 6) is 0.658. The Labute approximate surface area is 121 Å². The summed E-state index contributed by atoms with van der Waals surface area (Å²) in [4.78, 5) is 0. The van der Waals surface area contributed by atoms with Crippen LogP contribution in [-0.4, -0.2) is 26.3 Å². The van der Waals surface area contributed by atoms with Crippen molar-refractivity contribution in [3.05, 3.63) is 0 Å². The van der Waals surface area contributed by atoms with Crippen LogP contribution in [-0.2, 0) is 4.74 Å². The third kappa shape index (κ3) is 17.9. The molecule has 1 N–H and O–H groups in total. The van der Waals surface area contributed by atoms with Gasteiger partial charge in [0, 0.05) is 13.2 Å². The Bertz CT molecular complexity index is 159. The fraction of sp³-hybridized carbons (Fsp3) is 1.00. The molecule has 0 amide bonds. The van der Waals surface area contributed by atoms with Gasteiger partial charge in [-0.1, -0.05) is 65.7 Å². The normalized spacial score (nSPS) is 11.4. The molecule has 19 heavy (non-hydrogen) atoms. The molecule has 0 aromatic carbocycles. The Morgan fingerprint density at radius 1 is 0.789 bits per heavy atom. The second-order valence-corrected chi connectivity index (χ2v) is 6.05. The molecule has 0 saturated carbocycles. The van der Waals surface area contributed by atoms with E-state index in [1.807, 2.05) is 0 Å². The number of hydrogen-bond acceptors (Lipinski definition) is 2. The van der Waals surface area contributed by atoms with Gasteiger partial charge in [-0.15, -0.1) is 0 Å². The summed E-state index contributed by atoms with van der Waals surface area (Å²) in [6.45, 7) is 10.8. The maximum atomic E-state index is 5.55. The van der Waals surface area contributed by atoms with Gasteiger partial charge in [0.25, 0.3) is 0 Å². The molecule has 0 atom stereocenters. The van der Waals surface area contributed by atoms with Crippen LogP contribution >= 0.6 is 0 Å². The van der Waals surface area contributed by atoms with E-state index in [1.54, 1.807) is 0 Å². The molecule has 0 saturated heterocycles. The molecule has 0 aliphatic rings. The zero-order chi connectivity index (χ0) is 14.2. The minimum absolute atomic E-state index is 0.658. The van der Waals surface area contributed by atoms with E-state index in [0.717, 1.165) is 26.2 Å². The minimum Gasteiger partial charge on any atom is -0.381 e. The zero-order valence-corrected chi connectivity index (χ0v) is 13.7. The largest absolute Gasteiger partial charge is 0.381 e. The van der Waals surface area contributed by atoms with Gasteiger partial charge in [-0.05, 0) is 31.8 Å². The standard InChI is InChI=1S/C17H37NO/c1-4-5-6-7-8-9-10-11-13-18-14-12-15-19-16-17(2)3/h17-18H,4-16H2,1-3H3. The van der Waals surface area contributed by atoms with Gasteiger partial charge in [0.05, 0.1) is 0 Å². The lowest BCUT2D eigenvalue weighted by molar-refractivity contribution is 0.108. The van der Waals surface area contributed by atoms with Crippen LogP contribution in [0.3, 0.4) is 0 Å². The van der Waals surface area contributed by atoms with E-state index < -0.39 is 0 Å². The first-order chi connectivity index (χ1) is 9.27. The molecule has 2 heteroatoms. The molecule has 0 aromatic heterocycles. The highest BCUT2D eigenvalue weighted by Crippen LogP contribution is 2.07. The van der Waals surface area contributed by atoms with Crippen LogP contribution in [0.15, 0.2) is 0 Å². The minimum atomic E-state index is 0.658. The molecule has 0 radical (unpaired) electrons. The quantitative estimate of drug-likeness (QED) is 0.433. The van der Waals surface area contributed by atoms with E-state index in [9.17, 15) is 0 Å². The van der Waals surface area contributed by atoms with E-state index in [-0.39, 0.29) is 0 Å². The van der Waals surface area contributed by atoms with Crippen LogP contribution in [0.1, 0.15) is 78.6 Å². The first kappa shape index (κ1) is 18.9. The van der Waals surface area contributed by atoms with Crippen LogP contribution in [0.5, 0.6) is 0 Å². The highest BCUT2D eigenvalue weighted by molar-refractivity contribution is 4.51. The third-order valence-electron chi connectivity index (χ3n) is 3.30. The van der Waals surface area contributed by atoms with Crippen LogP contribution < -0.4 is 5.32 Å². The third-order valence-corrected chi connectivity index (χ3v) is 3.30. The maximum absolute atomic E-state index is 5.55. The van der Waals surface area contributed by atoms with Crippen molar-refractivity contribution in [1.29, 1.82) is 0 Å². The van der Waals surface area contributed by atoms with Crippen molar-refractivity contribution in [3.63, 3.8) is 0 Å². The fourth-order valence-corrected chi connectivity index (χ4v) is 2.13. The molecule has 0 unspecified atom stereocenters. The average Bonchev–Trinajstić information content (AvgIpc) is 2.39. The van der Waals surface area contributed by atoms with Crippen LogP contribution in [0, 0.1) is 5.92 Å². The van der Waals surface area contributed by atoms with Crippen molar-refractivity contribution >= 4 is 0 Å². The summed E-state index contributed by atoms with van der Waals surface area (Å²) < 4.78 is 5.55. The highest BCUT2D eigenvalue weighted by Gasteiger charge is 1.94. The van der Waals surface area contributed by atoms with Crippen molar-refractivity contribution < 1.29 is 4.74 Å². The summed E-state index contributed by atoms with van der Waals surface area (Å²) in [5, 5.41) is 3.50. The number of ether oxygens (including phenoxy) is 1. The molecule has 2 nitrogen and oxygen atoms in total.